The van der Waals surface area contributed by atoms with Crippen LogP contribution in [-0.2, 0) is 0 Å². The van der Waals surface area contributed by atoms with Gasteiger partial charge in [-0.15, -0.1) is 0 Å². The third-order valence-corrected chi connectivity index (χ3v) is 12.5. The highest BCUT2D eigenvalue weighted by molar-refractivity contribution is 6.23. The van der Waals surface area contributed by atoms with Gasteiger partial charge in [0.2, 0.25) is 0 Å². The zero-order valence-corrected chi connectivity index (χ0v) is 33.4. The molecule has 0 fully saturated rings. The van der Waals surface area contributed by atoms with E-state index in [0.29, 0.717) is 17.5 Å². The molecule has 0 aliphatic rings. The van der Waals surface area contributed by atoms with Crippen molar-refractivity contribution in [3.8, 4) is 45.5 Å². The highest BCUT2D eigenvalue weighted by Crippen LogP contribution is 2.43. The Balaban J connectivity index is 1.07. The van der Waals surface area contributed by atoms with Crippen LogP contribution >= 0.6 is 0 Å². The van der Waals surface area contributed by atoms with Crippen LogP contribution in [0.4, 0.5) is 0 Å². The number of para-hydroxylation sites is 2. The van der Waals surface area contributed by atoms with Crippen LogP contribution in [0, 0.1) is 0 Å². The molecule has 3 aromatic heterocycles. The Morgan fingerprint density at radius 2 is 0.887 bits per heavy atom. The van der Waals surface area contributed by atoms with E-state index < -0.39 is 0 Å². The first-order valence-electron chi connectivity index (χ1n) is 21.0. The van der Waals surface area contributed by atoms with E-state index in [4.69, 9.17) is 15.0 Å². The molecule has 13 rings (SSSR count). The Bertz CT molecular complexity index is 3920. The molecule has 0 N–H and O–H groups in total. The number of benzene rings is 10. The van der Waals surface area contributed by atoms with Gasteiger partial charge in [-0.3, -0.25) is 0 Å². The number of hydrogen-bond acceptors (Lipinski definition) is 3. The molecule has 62 heavy (non-hydrogen) atoms. The fourth-order valence-electron chi connectivity index (χ4n) is 9.69. The van der Waals surface area contributed by atoms with Crippen molar-refractivity contribution < 1.29 is 0 Å². The highest BCUT2D eigenvalue weighted by Gasteiger charge is 2.22. The largest absolute Gasteiger partial charge is 0.309 e. The molecule has 5 heteroatoms. The van der Waals surface area contributed by atoms with Crippen molar-refractivity contribution in [3.05, 3.63) is 212 Å². The first-order valence-corrected chi connectivity index (χ1v) is 21.0. The Hall–Kier alpha value is -8.41. The van der Waals surface area contributed by atoms with Crippen LogP contribution in [0.5, 0.6) is 0 Å². The van der Waals surface area contributed by atoms with Gasteiger partial charge in [0, 0.05) is 54.7 Å². The fourth-order valence-corrected chi connectivity index (χ4v) is 9.69. The van der Waals surface area contributed by atoms with Gasteiger partial charge in [0.1, 0.15) is 0 Å². The van der Waals surface area contributed by atoms with E-state index in [2.05, 4.69) is 203 Å². The summed E-state index contributed by atoms with van der Waals surface area (Å²) in [5.74, 6) is 1.91. The molecule has 5 nitrogen and oxygen atoms in total. The molecule has 0 radical (unpaired) electrons. The molecule has 0 saturated carbocycles. The normalized spacial score (nSPS) is 11.9. The maximum atomic E-state index is 5.23. The van der Waals surface area contributed by atoms with Crippen molar-refractivity contribution in [2.75, 3.05) is 0 Å². The Kier molecular flexibility index (Phi) is 7.54. The van der Waals surface area contributed by atoms with Gasteiger partial charge in [-0.2, -0.15) is 0 Å². The topological polar surface area (TPSA) is 48.5 Å². The molecule has 0 saturated heterocycles. The second-order valence-corrected chi connectivity index (χ2v) is 16.0. The fraction of sp³-hybridized carbons (Fsp3) is 0. The van der Waals surface area contributed by atoms with Crippen LogP contribution in [0.25, 0.3) is 121 Å². The number of rotatable bonds is 5. The van der Waals surface area contributed by atoms with Crippen LogP contribution in [0.15, 0.2) is 212 Å². The summed E-state index contributed by atoms with van der Waals surface area (Å²) in [5, 5.41) is 11.9. The molecule has 288 valence electrons. The molecule has 0 atom stereocenters. The summed E-state index contributed by atoms with van der Waals surface area (Å²) in [6, 6.07) is 75.8. The van der Waals surface area contributed by atoms with Crippen molar-refractivity contribution >= 4 is 75.9 Å². The Labute approximate surface area is 356 Å². The summed E-state index contributed by atoms with van der Waals surface area (Å²) in [7, 11) is 0. The standard InChI is InChI=1S/C57H35N5/c1-3-17-38(18-4-1)55-58-56(40-28-27-36-15-7-8-19-39(36)33-40)60-57(59-55)47-31-32-51(44-24-12-11-23-43(44)47)62-50-26-14-13-25-45(50)48-34-49-46-30-29-37-16-9-10-22-42(37)54(46)61(52(49)35-53(48)62)41-20-5-2-6-21-41/h1-35H. The molecule has 10 aromatic carbocycles. The predicted octanol–water partition coefficient (Wildman–Crippen LogP) is 14.5. The summed E-state index contributed by atoms with van der Waals surface area (Å²) in [6.45, 7) is 0. The highest BCUT2D eigenvalue weighted by atomic mass is 15.0. The second-order valence-electron chi connectivity index (χ2n) is 16.0. The smallest absolute Gasteiger partial charge is 0.164 e. The SMILES string of the molecule is c1ccc(-c2nc(-c3ccc4ccccc4c3)nc(-c3ccc(-n4c5ccccc5c5cc6c7ccc8ccccc8c7n(-c7ccccc7)c6cc54)c4ccccc34)n2)cc1. The van der Waals surface area contributed by atoms with E-state index in [0.717, 1.165) is 55.3 Å². The summed E-state index contributed by atoms with van der Waals surface area (Å²) in [4.78, 5) is 15.5. The van der Waals surface area contributed by atoms with Crippen molar-refractivity contribution in [3.63, 3.8) is 0 Å². The van der Waals surface area contributed by atoms with E-state index in [-0.39, 0.29) is 0 Å². The zero-order chi connectivity index (χ0) is 40.7. The van der Waals surface area contributed by atoms with Crippen LogP contribution in [0.1, 0.15) is 0 Å². The lowest BCUT2D eigenvalue weighted by atomic mass is 10.0. The van der Waals surface area contributed by atoms with Gasteiger partial charge in [-0.25, -0.2) is 15.0 Å². The van der Waals surface area contributed by atoms with Crippen molar-refractivity contribution in [2.45, 2.75) is 0 Å². The summed E-state index contributed by atoms with van der Waals surface area (Å²) in [6.07, 6.45) is 0. The van der Waals surface area contributed by atoms with Crippen molar-refractivity contribution in [1.82, 2.24) is 24.1 Å². The van der Waals surface area contributed by atoms with Gasteiger partial charge in [0.25, 0.3) is 0 Å². The predicted molar refractivity (Wildman–Crippen MR) is 257 cm³/mol. The molecule has 0 unspecified atom stereocenters. The number of hydrogen-bond donors (Lipinski definition) is 0. The van der Waals surface area contributed by atoms with Gasteiger partial charge < -0.3 is 9.13 Å². The van der Waals surface area contributed by atoms with Gasteiger partial charge in [0.05, 0.1) is 27.8 Å². The second kappa shape index (κ2) is 13.6. The number of aromatic nitrogens is 5. The van der Waals surface area contributed by atoms with E-state index >= 15 is 0 Å². The monoisotopic (exact) mass is 789 g/mol. The minimum Gasteiger partial charge on any atom is -0.309 e. The third kappa shape index (κ3) is 5.25. The first kappa shape index (κ1) is 34.5. The van der Waals surface area contributed by atoms with Gasteiger partial charge in [-0.05, 0) is 70.1 Å². The molecule has 0 aliphatic carbocycles. The number of fused-ring (bicyclic) bond motifs is 10. The molecule has 13 aromatic rings. The maximum absolute atomic E-state index is 5.23. The molecular formula is C57H35N5. The average molecular weight is 790 g/mol. The minimum absolute atomic E-state index is 0.633. The third-order valence-electron chi connectivity index (χ3n) is 12.5. The Morgan fingerprint density at radius 1 is 0.290 bits per heavy atom. The lowest BCUT2D eigenvalue weighted by Crippen LogP contribution is -2.02. The molecule has 3 heterocycles. The zero-order valence-electron chi connectivity index (χ0n) is 33.4. The summed E-state index contributed by atoms with van der Waals surface area (Å²) in [5.41, 5.74) is 9.75. The van der Waals surface area contributed by atoms with Gasteiger partial charge in [0.15, 0.2) is 17.5 Å². The Morgan fingerprint density at radius 3 is 1.71 bits per heavy atom. The lowest BCUT2D eigenvalue weighted by molar-refractivity contribution is 1.08. The van der Waals surface area contributed by atoms with Crippen LogP contribution in [0.3, 0.4) is 0 Å². The van der Waals surface area contributed by atoms with E-state index in [9.17, 15) is 0 Å². The van der Waals surface area contributed by atoms with Crippen LogP contribution in [-0.4, -0.2) is 24.1 Å². The quantitative estimate of drug-likeness (QED) is 0.174. The van der Waals surface area contributed by atoms with Crippen molar-refractivity contribution in [2.24, 2.45) is 0 Å². The van der Waals surface area contributed by atoms with Gasteiger partial charge >= 0.3 is 0 Å². The average Bonchev–Trinajstić information content (AvgIpc) is 3.85. The molecule has 0 aliphatic heterocycles. The van der Waals surface area contributed by atoms with Crippen molar-refractivity contribution in [1.29, 1.82) is 0 Å². The van der Waals surface area contributed by atoms with E-state index in [1.165, 1.54) is 48.7 Å². The van der Waals surface area contributed by atoms with Gasteiger partial charge in [-0.1, -0.05) is 164 Å². The first-order chi connectivity index (χ1) is 30.7. The van der Waals surface area contributed by atoms with E-state index in [1.807, 2.05) is 18.2 Å². The minimum atomic E-state index is 0.633. The molecule has 0 amide bonds. The molecular weight excluding hydrogens is 755 g/mol. The number of nitrogens with zero attached hydrogens (tertiary/aromatic N) is 5. The molecule has 0 spiro atoms. The summed E-state index contributed by atoms with van der Waals surface area (Å²) < 4.78 is 4.90. The van der Waals surface area contributed by atoms with Crippen LogP contribution < -0.4 is 0 Å². The van der Waals surface area contributed by atoms with Crippen LogP contribution in [0.2, 0.25) is 0 Å². The summed E-state index contributed by atoms with van der Waals surface area (Å²) >= 11 is 0. The maximum Gasteiger partial charge on any atom is 0.164 e. The van der Waals surface area contributed by atoms with E-state index in [1.54, 1.807) is 0 Å². The molecule has 0 bridgehead atoms. The lowest BCUT2D eigenvalue weighted by Gasteiger charge is -2.15.